The van der Waals surface area contributed by atoms with Gasteiger partial charge in [0, 0.05) is 7.05 Å². The zero-order valence-electron chi connectivity index (χ0n) is 9.12. The van der Waals surface area contributed by atoms with Gasteiger partial charge in [-0.25, -0.2) is 14.2 Å². The molecule has 0 saturated carbocycles. The Morgan fingerprint density at radius 3 is 2.94 bits per heavy atom. The van der Waals surface area contributed by atoms with E-state index in [9.17, 15) is 9.18 Å². The largest absolute Gasteiger partial charge is 0.323 e. The lowest BCUT2D eigenvalue weighted by atomic mass is 10.4. The van der Waals surface area contributed by atoms with Crippen LogP contribution >= 0.6 is 0 Å². The van der Waals surface area contributed by atoms with E-state index in [0.29, 0.717) is 12.4 Å². The number of hydrogen-bond acceptors (Lipinski definition) is 2. The number of amides is 2. The second-order valence-corrected chi connectivity index (χ2v) is 3.07. The van der Waals surface area contributed by atoms with E-state index in [1.165, 1.54) is 17.0 Å². The third-order valence-corrected chi connectivity index (χ3v) is 1.80. The smallest absolute Gasteiger partial charge is 0.316 e. The second kappa shape index (κ2) is 5.71. The standard InChI is InChI=1S/C11H12FN3O/c1-3-4-7-15(2)11(16)14-10-6-5-9(12)8-13-10/h5-6,8H,7H2,1-2H3,(H,13,14,16). The third kappa shape index (κ3) is 3.58. The Hall–Kier alpha value is -2.09. The van der Waals surface area contributed by atoms with E-state index in [-0.39, 0.29) is 6.03 Å². The van der Waals surface area contributed by atoms with E-state index in [4.69, 9.17) is 0 Å². The number of pyridine rings is 1. The van der Waals surface area contributed by atoms with E-state index in [1.54, 1.807) is 14.0 Å². The van der Waals surface area contributed by atoms with Gasteiger partial charge in [-0.2, -0.15) is 0 Å². The first-order valence-corrected chi connectivity index (χ1v) is 4.66. The first-order valence-electron chi connectivity index (χ1n) is 4.66. The molecule has 0 aliphatic heterocycles. The fraction of sp³-hybridized carbons (Fsp3) is 0.273. The minimum atomic E-state index is -0.441. The molecule has 2 amide bonds. The fourth-order valence-corrected chi connectivity index (χ4v) is 0.924. The number of carbonyl (C=O) groups is 1. The van der Waals surface area contributed by atoms with Crippen molar-refractivity contribution in [3.63, 3.8) is 0 Å². The molecule has 0 aliphatic carbocycles. The first-order chi connectivity index (χ1) is 7.63. The quantitative estimate of drug-likeness (QED) is 0.773. The van der Waals surface area contributed by atoms with Gasteiger partial charge in [-0.15, -0.1) is 5.92 Å². The van der Waals surface area contributed by atoms with Crippen molar-refractivity contribution < 1.29 is 9.18 Å². The summed E-state index contributed by atoms with van der Waals surface area (Å²) in [6.07, 6.45) is 1.04. The molecule has 5 heteroatoms. The van der Waals surface area contributed by atoms with Gasteiger partial charge in [0.1, 0.15) is 11.6 Å². The van der Waals surface area contributed by atoms with Crippen molar-refractivity contribution in [2.45, 2.75) is 6.92 Å². The predicted molar refractivity (Wildman–Crippen MR) is 59.3 cm³/mol. The van der Waals surface area contributed by atoms with Gasteiger partial charge in [0.05, 0.1) is 12.7 Å². The zero-order chi connectivity index (χ0) is 12.0. The van der Waals surface area contributed by atoms with Crippen molar-refractivity contribution in [3.05, 3.63) is 24.1 Å². The zero-order valence-corrected chi connectivity index (χ0v) is 9.12. The number of halogens is 1. The SMILES string of the molecule is CC#CCN(C)C(=O)Nc1ccc(F)cn1. The summed E-state index contributed by atoms with van der Waals surface area (Å²) >= 11 is 0. The van der Waals surface area contributed by atoms with Crippen LogP contribution < -0.4 is 5.32 Å². The van der Waals surface area contributed by atoms with Gasteiger partial charge in [0.2, 0.25) is 0 Å². The number of nitrogens with zero attached hydrogens (tertiary/aromatic N) is 2. The van der Waals surface area contributed by atoms with E-state index in [2.05, 4.69) is 22.1 Å². The number of carbonyl (C=O) groups excluding carboxylic acids is 1. The average molecular weight is 221 g/mol. The van der Waals surface area contributed by atoms with Crippen LogP contribution in [0.2, 0.25) is 0 Å². The van der Waals surface area contributed by atoms with Crippen LogP contribution in [-0.4, -0.2) is 29.5 Å². The molecule has 84 valence electrons. The summed E-state index contributed by atoms with van der Waals surface area (Å²) in [5, 5.41) is 2.52. The molecule has 0 aliphatic rings. The van der Waals surface area contributed by atoms with Gasteiger partial charge in [0.25, 0.3) is 0 Å². The molecule has 0 spiro atoms. The van der Waals surface area contributed by atoms with Gasteiger partial charge in [-0.3, -0.25) is 5.32 Å². The van der Waals surface area contributed by atoms with Crippen molar-refractivity contribution in [2.75, 3.05) is 18.9 Å². The van der Waals surface area contributed by atoms with Crippen LogP contribution in [0.4, 0.5) is 15.0 Å². The fourth-order valence-electron chi connectivity index (χ4n) is 0.924. The third-order valence-electron chi connectivity index (χ3n) is 1.80. The highest BCUT2D eigenvalue weighted by molar-refractivity contribution is 5.88. The molecule has 1 N–H and O–H groups in total. The summed E-state index contributed by atoms with van der Waals surface area (Å²) in [6, 6.07) is 2.29. The summed E-state index contributed by atoms with van der Waals surface area (Å²) in [4.78, 5) is 16.6. The minimum Gasteiger partial charge on any atom is -0.316 e. The molecule has 1 aromatic rings. The molecule has 4 nitrogen and oxygen atoms in total. The van der Waals surface area contributed by atoms with Crippen LogP contribution in [0.15, 0.2) is 18.3 Å². The number of rotatable bonds is 2. The molecule has 0 radical (unpaired) electrons. The molecule has 0 fully saturated rings. The number of aromatic nitrogens is 1. The Kier molecular flexibility index (Phi) is 4.28. The predicted octanol–water partition coefficient (Wildman–Crippen LogP) is 1.71. The molecular weight excluding hydrogens is 209 g/mol. The second-order valence-electron chi connectivity index (χ2n) is 3.07. The molecule has 1 rings (SSSR count). The lowest BCUT2D eigenvalue weighted by Crippen LogP contribution is -2.31. The highest BCUT2D eigenvalue weighted by Crippen LogP contribution is 2.04. The number of hydrogen-bond donors (Lipinski definition) is 1. The molecule has 1 heterocycles. The summed E-state index contributed by atoms with van der Waals surface area (Å²) in [6.45, 7) is 2.04. The Balaban J connectivity index is 2.56. The topological polar surface area (TPSA) is 45.2 Å². The van der Waals surface area contributed by atoms with Crippen molar-refractivity contribution >= 4 is 11.8 Å². The molecule has 0 unspecified atom stereocenters. The van der Waals surface area contributed by atoms with E-state index < -0.39 is 5.82 Å². The number of nitrogens with one attached hydrogen (secondary N) is 1. The van der Waals surface area contributed by atoms with Crippen LogP contribution in [0.1, 0.15) is 6.92 Å². The van der Waals surface area contributed by atoms with Crippen LogP contribution in [0.25, 0.3) is 0 Å². The Morgan fingerprint density at radius 1 is 1.62 bits per heavy atom. The van der Waals surface area contributed by atoms with Crippen molar-refractivity contribution in [1.82, 2.24) is 9.88 Å². The lowest BCUT2D eigenvalue weighted by Gasteiger charge is -2.14. The van der Waals surface area contributed by atoms with Gasteiger partial charge >= 0.3 is 6.03 Å². The van der Waals surface area contributed by atoms with Gasteiger partial charge in [-0.05, 0) is 19.1 Å². The number of anilines is 1. The van der Waals surface area contributed by atoms with Gasteiger partial charge < -0.3 is 4.90 Å². The van der Waals surface area contributed by atoms with Gasteiger partial charge in [-0.1, -0.05) is 5.92 Å². The van der Waals surface area contributed by atoms with E-state index in [1.807, 2.05) is 0 Å². The maximum Gasteiger partial charge on any atom is 0.323 e. The maximum absolute atomic E-state index is 12.5. The monoisotopic (exact) mass is 221 g/mol. The molecular formula is C11H12FN3O. The highest BCUT2D eigenvalue weighted by atomic mass is 19.1. The lowest BCUT2D eigenvalue weighted by molar-refractivity contribution is 0.227. The average Bonchev–Trinajstić information content (AvgIpc) is 2.29. The summed E-state index contributed by atoms with van der Waals surface area (Å²) in [5.41, 5.74) is 0. The van der Waals surface area contributed by atoms with Crippen LogP contribution in [0, 0.1) is 17.7 Å². The van der Waals surface area contributed by atoms with E-state index in [0.717, 1.165) is 6.20 Å². The van der Waals surface area contributed by atoms with Crippen LogP contribution in [0.5, 0.6) is 0 Å². The molecule has 1 aromatic heterocycles. The Labute approximate surface area is 93.5 Å². The summed E-state index contributed by atoms with van der Waals surface area (Å²) in [5.74, 6) is 5.31. The van der Waals surface area contributed by atoms with E-state index >= 15 is 0 Å². The number of urea groups is 1. The highest BCUT2D eigenvalue weighted by Gasteiger charge is 2.07. The minimum absolute atomic E-state index is 0.308. The maximum atomic E-state index is 12.5. The summed E-state index contributed by atoms with van der Waals surface area (Å²) in [7, 11) is 1.61. The molecule has 0 saturated heterocycles. The van der Waals surface area contributed by atoms with Crippen molar-refractivity contribution in [1.29, 1.82) is 0 Å². The molecule has 0 bridgehead atoms. The van der Waals surface area contributed by atoms with Crippen LogP contribution in [-0.2, 0) is 0 Å². The summed E-state index contributed by atoms with van der Waals surface area (Å²) < 4.78 is 12.5. The van der Waals surface area contributed by atoms with Gasteiger partial charge in [0.15, 0.2) is 0 Å². The van der Waals surface area contributed by atoms with Crippen LogP contribution in [0.3, 0.4) is 0 Å². The Bertz CT molecular complexity index is 419. The van der Waals surface area contributed by atoms with Crippen molar-refractivity contribution in [2.24, 2.45) is 0 Å². The Morgan fingerprint density at radius 2 is 2.38 bits per heavy atom. The first kappa shape index (κ1) is 12.0. The molecule has 16 heavy (non-hydrogen) atoms. The normalized spacial score (nSPS) is 8.94. The molecule has 0 aromatic carbocycles. The molecule has 0 atom stereocenters. The van der Waals surface area contributed by atoms with Crippen molar-refractivity contribution in [3.8, 4) is 11.8 Å².